The van der Waals surface area contributed by atoms with E-state index in [4.69, 9.17) is 9.47 Å². The highest BCUT2D eigenvalue weighted by molar-refractivity contribution is 7.99. The fraction of sp³-hybridized carbons (Fsp3) is 0.333. The maximum atomic E-state index is 12.3. The third-order valence-corrected chi connectivity index (χ3v) is 5.74. The molecule has 0 atom stereocenters. The molecule has 1 aromatic carbocycles. The highest BCUT2D eigenvalue weighted by Gasteiger charge is 2.22. The molecule has 1 heterocycles. The number of amides is 1. The van der Waals surface area contributed by atoms with Gasteiger partial charge in [0.05, 0.1) is 31.2 Å². The number of thioether (sulfide) groups is 1. The molecule has 8 nitrogen and oxygen atoms in total. The van der Waals surface area contributed by atoms with Gasteiger partial charge in [-0.1, -0.05) is 6.07 Å². The molecule has 0 spiro atoms. The van der Waals surface area contributed by atoms with Crippen molar-refractivity contribution in [1.82, 2.24) is 10.3 Å². The van der Waals surface area contributed by atoms with Crippen LogP contribution in [0, 0.1) is 0 Å². The standard InChI is InChI=1S/C18H23N3O5S2/c1-25-15-8-7-14(12-16(15)26-2)21(28(3,23)24)13-17(22)19-10-11-27-18-6-4-5-9-20-18/h4-9,12H,10-11,13H2,1-3H3,(H,19,22). The largest absolute Gasteiger partial charge is 0.493 e. The number of benzene rings is 1. The zero-order chi connectivity index (χ0) is 20.6. The maximum absolute atomic E-state index is 12.3. The SMILES string of the molecule is COc1ccc(N(CC(=O)NCCSc2ccccn2)S(C)(=O)=O)cc1OC. The minimum atomic E-state index is -3.67. The molecule has 0 aliphatic carbocycles. The summed E-state index contributed by atoms with van der Waals surface area (Å²) in [5, 5.41) is 3.59. The van der Waals surface area contributed by atoms with Crippen LogP contribution >= 0.6 is 11.8 Å². The first kappa shape index (κ1) is 21.8. The van der Waals surface area contributed by atoms with Crippen LogP contribution in [0.4, 0.5) is 5.69 Å². The number of methoxy groups -OCH3 is 2. The van der Waals surface area contributed by atoms with Gasteiger partial charge in [-0.25, -0.2) is 13.4 Å². The van der Waals surface area contributed by atoms with Crippen molar-refractivity contribution in [3.8, 4) is 11.5 Å². The zero-order valence-corrected chi connectivity index (χ0v) is 17.5. The van der Waals surface area contributed by atoms with E-state index in [1.54, 1.807) is 18.3 Å². The van der Waals surface area contributed by atoms with Crippen molar-refractivity contribution in [2.24, 2.45) is 0 Å². The van der Waals surface area contributed by atoms with Gasteiger partial charge in [0.1, 0.15) is 6.54 Å². The van der Waals surface area contributed by atoms with Crippen LogP contribution < -0.4 is 19.1 Å². The molecule has 1 N–H and O–H groups in total. The number of carbonyl (C=O) groups excluding carboxylic acids is 1. The summed E-state index contributed by atoms with van der Waals surface area (Å²) in [6, 6.07) is 10.3. The first-order valence-corrected chi connectivity index (χ1v) is 11.2. The average Bonchev–Trinajstić information content (AvgIpc) is 2.69. The molecule has 0 radical (unpaired) electrons. The van der Waals surface area contributed by atoms with Crippen molar-refractivity contribution in [3.63, 3.8) is 0 Å². The quantitative estimate of drug-likeness (QED) is 0.458. The second-order valence-electron chi connectivity index (χ2n) is 5.68. The van der Waals surface area contributed by atoms with Gasteiger partial charge < -0.3 is 14.8 Å². The van der Waals surface area contributed by atoms with Crippen molar-refractivity contribution in [1.29, 1.82) is 0 Å². The summed E-state index contributed by atoms with van der Waals surface area (Å²) >= 11 is 1.50. The van der Waals surface area contributed by atoms with Crippen molar-refractivity contribution in [2.45, 2.75) is 5.03 Å². The Hall–Kier alpha value is -2.46. The second-order valence-corrected chi connectivity index (χ2v) is 8.70. The van der Waals surface area contributed by atoms with Gasteiger partial charge in [-0.05, 0) is 24.3 Å². The summed E-state index contributed by atoms with van der Waals surface area (Å²) in [6.07, 6.45) is 2.75. The number of carbonyl (C=O) groups is 1. The topological polar surface area (TPSA) is 97.8 Å². The smallest absolute Gasteiger partial charge is 0.240 e. The fourth-order valence-electron chi connectivity index (χ4n) is 2.34. The van der Waals surface area contributed by atoms with E-state index < -0.39 is 15.9 Å². The molecule has 1 amide bonds. The molecule has 0 saturated heterocycles. The normalized spacial score (nSPS) is 11.0. The van der Waals surface area contributed by atoms with Crippen LogP contribution in [0.15, 0.2) is 47.6 Å². The number of nitrogens with one attached hydrogen (secondary N) is 1. The summed E-state index contributed by atoms with van der Waals surface area (Å²) in [5.74, 6) is 1.07. The molecule has 152 valence electrons. The maximum Gasteiger partial charge on any atom is 0.240 e. The summed E-state index contributed by atoms with van der Waals surface area (Å²) in [4.78, 5) is 16.5. The summed E-state index contributed by atoms with van der Waals surface area (Å²) in [6.45, 7) is 0.0617. The number of hydrogen-bond donors (Lipinski definition) is 1. The van der Waals surface area contributed by atoms with Crippen LogP contribution in [0.5, 0.6) is 11.5 Å². The minimum absolute atomic E-state index is 0.318. The Bertz CT molecular complexity index is 891. The molecular formula is C18H23N3O5S2. The zero-order valence-electron chi connectivity index (χ0n) is 15.9. The number of rotatable bonds is 10. The lowest BCUT2D eigenvalue weighted by Gasteiger charge is -2.23. The van der Waals surface area contributed by atoms with E-state index in [0.29, 0.717) is 29.5 Å². The molecule has 0 saturated carbocycles. The lowest BCUT2D eigenvalue weighted by Crippen LogP contribution is -2.41. The molecule has 0 aliphatic rings. The van der Waals surface area contributed by atoms with E-state index >= 15 is 0 Å². The number of ether oxygens (including phenoxy) is 2. The Labute approximate surface area is 169 Å². The molecule has 0 bridgehead atoms. The number of nitrogens with zero attached hydrogens (tertiary/aromatic N) is 2. The molecular weight excluding hydrogens is 402 g/mol. The van der Waals surface area contributed by atoms with Gasteiger partial charge in [-0.15, -0.1) is 11.8 Å². The predicted molar refractivity (Wildman–Crippen MR) is 110 cm³/mol. The third-order valence-electron chi connectivity index (χ3n) is 3.65. The van der Waals surface area contributed by atoms with Crippen LogP contribution in [-0.2, 0) is 14.8 Å². The first-order valence-electron chi connectivity index (χ1n) is 8.35. The second kappa shape index (κ2) is 10.2. The van der Waals surface area contributed by atoms with Crippen molar-refractivity contribution in [3.05, 3.63) is 42.6 Å². The van der Waals surface area contributed by atoms with Crippen molar-refractivity contribution >= 4 is 33.4 Å². The predicted octanol–water partition coefficient (Wildman–Crippen LogP) is 1.77. The molecule has 2 rings (SSSR count). The molecule has 0 aliphatic heterocycles. The summed E-state index contributed by atoms with van der Waals surface area (Å²) in [5.41, 5.74) is 0.318. The van der Waals surface area contributed by atoms with Gasteiger partial charge >= 0.3 is 0 Å². The average molecular weight is 426 g/mol. The van der Waals surface area contributed by atoms with E-state index in [0.717, 1.165) is 15.6 Å². The van der Waals surface area contributed by atoms with Crippen LogP contribution in [-0.4, -0.2) is 58.6 Å². The highest BCUT2D eigenvalue weighted by Crippen LogP contribution is 2.32. The molecule has 10 heteroatoms. The van der Waals surface area contributed by atoms with Gasteiger partial charge in [0.15, 0.2) is 11.5 Å². The molecule has 0 fully saturated rings. The Kier molecular flexibility index (Phi) is 7.94. The molecule has 1 aromatic heterocycles. The monoisotopic (exact) mass is 425 g/mol. The van der Waals surface area contributed by atoms with E-state index in [-0.39, 0.29) is 6.54 Å². The molecule has 2 aromatic rings. The van der Waals surface area contributed by atoms with Crippen LogP contribution in [0.3, 0.4) is 0 Å². The van der Waals surface area contributed by atoms with E-state index in [1.807, 2.05) is 18.2 Å². The summed E-state index contributed by atoms with van der Waals surface area (Å²) in [7, 11) is -0.725. The van der Waals surface area contributed by atoms with Gasteiger partial charge in [0.25, 0.3) is 0 Å². The van der Waals surface area contributed by atoms with Crippen LogP contribution in [0.2, 0.25) is 0 Å². The van der Waals surface area contributed by atoms with Crippen molar-refractivity contribution in [2.75, 3.05) is 43.6 Å². The number of anilines is 1. The Morgan fingerprint density at radius 3 is 2.54 bits per heavy atom. The first-order chi connectivity index (χ1) is 13.3. The molecule has 28 heavy (non-hydrogen) atoms. The lowest BCUT2D eigenvalue weighted by atomic mass is 10.2. The summed E-state index contributed by atoms with van der Waals surface area (Å²) < 4.78 is 35.8. The van der Waals surface area contributed by atoms with Gasteiger partial charge in [0.2, 0.25) is 15.9 Å². The third kappa shape index (κ3) is 6.31. The highest BCUT2D eigenvalue weighted by atomic mass is 32.2. The minimum Gasteiger partial charge on any atom is -0.493 e. The van der Waals surface area contributed by atoms with Gasteiger partial charge in [-0.2, -0.15) is 0 Å². The molecule has 0 unspecified atom stereocenters. The van der Waals surface area contributed by atoms with Gasteiger partial charge in [0, 0.05) is 24.6 Å². The Balaban J connectivity index is 1.99. The van der Waals surface area contributed by atoms with Crippen LogP contribution in [0.25, 0.3) is 0 Å². The van der Waals surface area contributed by atoms with Crippen molar-refractivity contribution < 1.29 is 22.7 Å². The number of pyridine rings is 1. The Morgan fingerprint density at radius 1 is 1.18 bits per heavy atom. The van der Waals surface area contributed by atoms with Gasteiger partial charge in [-0.3, -0.25) is 9.10 Å². The Morgan fingerprint density at radius 2 is 1.93 bits per heavy atom. The van der Waals surface area contributed by atoms with E-state index in [2.05, 4.69) is 10.3 Å². The van der Waals surface area contributed by atoms with Crippen LogP contribution in [0.1, 0.15) is 0 Å². The number of aromatic nitrogens is 1. The van der Waals surface area contributed by atoms with E-state index in [1.165, 1.54) is 32.0 Å². The number of hydrogen-bond acceptors (Lipinski definition) is 7. The number of sulfonamides is 1. The lowest BCUT2D eigenvalue weighted by molar-refractivity contribution is -0.119. The fourth-order valence-corrected chi connectivity index (χ4v) is 3.92. The van der Waals surface area contributed by atoms with E-state index in [9.17, 15) is 13.2 Å².